The Hall–Kier alpha value is -1.86. The lowest BCUT2D eigenvalue weighted by molar-refractivity contribution is -0.118. The standard InChI is InChI=1S/C23H28ClN3O2S.ClH/c1-5-29-18-10-8-17(9-11-18)15-20(28)27(14-6-13-26(3)4)23-25-21-16(2)7-12-19(24)22(21)30-23;/h7-12H,5-6,13-15H2,1-4H3;1H. The van der Waals surface area contributed by atoms with Crippen LogP contribution >= 0.6 is 35.3 Å². The van der Waals surface area contributed by atoms with E-state index < -0.39 is 0 Å². The first kappa shape index (κ1) is 25.4. The molecule has 1 amide bonds. The Morgan fingerprint density at radius 2 is 1.84 bits per heavy atom. The highest BCUT2D eigenvalue weighted by Crippen LogP contribution is 2.36. The van der Waals surface area contributed by atoms with E-state index in [0.717, 1.165) is 40.1 Å². The lowest BCUT2D eigenvalue weighted by atomic mass is 10.1. The molecule has 0 saturated heterocycles. The summed E-state index contributed by atoms with van der Waals surface area (Å²) in [5, 5.41) is 1.38. The molecular weight excluding hydrogens is 453 g/mol. The Morgan fingerprint density at radius 1 is 1.13 bits per heavy atom. The molecule has 0 saturated carbocycles. The highest BCUT2D eigenvalue weighted by molar-refractivity contribution is 7.23. The molecule has 0 unspecified atom stereocenters. The maximum atomic E-state index is 13.3. The van der Waals surface area contributed by atoms with E-state index in [0.29, 0.717) is 29.7 Å². The van der Waals surface area contributed by atoms with Crippen molar-refractivity contribution in [3.8, 4) is 5.75 Å². The van der Waals surface area contributed by atoms with Crippen molar-refractivity contribution in [3.05, 3.63) is 52.5 Å². The molecule has 2 aromatic carbocycles. The highest BCUT2D eigenvalue weighted by atomic mass is 35.5. The SMILES string of the molecule is CCOc1ccc(CC(=O)N(CCCN(C)C)c2nc3c(C)ccc(Cl)c3s2)cc1.Cl. The van der Waals surface area contributed by atoms with E-state index in [4.69, 9.17) is 21.3 Å². The second-order valence-corrected chi connectivity index (χ2v) is 8.88. The van der Waals surface area contributed by atoms with Gasteiger partial charge in [-0.3, -0.25) is 9.69 Å². The van der Waals surface area contributed by atoms with Crippen LogP contribution in [0.25, 0.3) is 10.2 Å². The Morgan fingerprint density at radius 3 is 2.45 bits per heavy atom. The first-order chi connectivity index (χ1) is 14.4. The first-order valence-electron chi connectivity index (χ1n) is 10.1. The molecule has 168 valence electrons. The molecule has 0 spiro atoms. The minimum Gasteiger partial charge on any atom is -0.494 e. The summed E-state index contributed by atoms with van der Waals surface area (Å²) in [7, 11) is 4.07. The fourth-order valence-electron chi connectivity index (χ4n) is 3.22. The Kier molecular flexibility index (Phi) is 9.56. The van der Waals surface area contributed by atoms with Gasteiger partial charge in [-0.2, -0.15) is 0 Å². The van der Waals surface area contributed by atoms with Gasteiger partial charge in [0.05, 0.1) is 28.3 Å². The third kappa shape index (κ3) is 6.56. The van der Waals surface area contributed by atoms with E-state index >= 15 is 0 Å². The zero-order valence-electron chi connectivity index (χ0n) is 18.4. The predicted molar refractivity (Wildman–Crippen MR) is 133 cm³/mol. The molecule has 1 heterocycles. The summed E-state index contributed by atoms with van der Waals surface area (Å²) in [6.45, 7) is 6.11. The summed E-state index contributed by atoms with van der Waals surface area (Å²) in [5.74, 6) is 0.846. The molecule has 5 nitrogen and oxygen atoms in total. The van der Waals surface area contributed by atoms with Crippen molar-refractivity contribution >= 4 is 56.6 Å². The van der Waals surface area contributed by atoms with Crippen molar-refractivity contribution in [2.24, 2.45) is 0 Å². The molecule has 3 aromatic rings. The van der Waals surface area contributed by atoms with Crippen LogP contribution < -0.4 is 9.64 Å². The number of halogens is 2. The van der Waals surface area contributed by atoms with E-state index in [1.54, 1.807) is 4.90 Å². The molecule has 0 fully saturated rings. The second kappa shape index (κ2) is 11.7. The van der Waals surface area contributed by atoms with Crippen LogP contribution in [0.4, 0.5) is 5.13 Å². The zero-order valence-corrected chi connectivity index (χ0v) is 20.7. The van der Waals surface area contributed by atoms with Crippen LogP contribution in [-0.2, 0) is 11.2 Å². The number of benzene rings is 2. The number of fused-ring (bicyclic) bond motifs is 1. The lowest BCUT2D eigenvalue weighted by Crippen LogP contribution is -2.34. The number of nitrogens with zero attached hydrogens (tertiary/aromatic N) is 3. The van der Waals surface area contributed by atoms with Gasteiger partial charge in [0.15, 0.2) is 5.13 Å². The number of carbonyl (C=O) groups is 1. The third-order valence-electron chi connectivity index (χ3n) is 4.79. The van der Waals surface area contributed by atoms with Gasteiger partial charge >= 0.3 is 0 Å². The van der Waals surface area contributed by atoms with Crippen LogP contribution in [0.3, 0.4) is 0 Å². The molecule has 0 aliphatic heterocycles. The number of aromatic nitrogens is 1. The largest absolute Gasteiger partial charge is 0.494 e. The average Bonchev–Trinajstić information content (AvgIpc) is 3.16. The molecule has 0 radical (unpaired) electrons. The van der Waals surface area contributed by atoms with Crippen LogP contribution in [0.1, 0.15) is 24.5 Å². The maximum Gasteiger partial charge on any atom is 0.233 e. The Bertz CT molecular complexity index is 967. The molecule has 3 rings (SSSR count). The monoisotopic (exact) mass is 481 g/mol. The van der Waals surface area contributed by atoms with Gasteiger partial charge < -0.3 is 9.64 Å². The molecular formula is C23H29Cl2N3O2S. The van der Waals surface area contributed by atoms with Crippen LogP contribution in [-0.4, -0.2) is 49.6 Å². The van der Waals surface area contributed by atoms with Crippen LogP contribution in [0.15, 0.2) is 36.4 Å². The number of hydrogen-bond acceptors (Lipinski definition) is 5. The quantitative estimate of drug-likeness (QED) is 0.398. The van der Waals surface area contributed by atoms with Crippen molar-refractivity contribution in [3.63, 3.8) is 0 Å². The fourth-order valence-corrected chi connectivity index (χ4v) is 4.58. The highest BCUT2D eigenvalue weighted by Gasteiger charge is 2.21. The van der Waals surface area contributed by atoms with Gasteiger partial charge in [0.2, 0.25) is 5.91 Å². The van der Waals surface area contributed by atoms with Gasteiger partial charge in [-0.1, -0.05) is 41.1 Å². The van der Waals surface area contributed by atoms with Gasteiger partial charge in [-0.25, -0.2) is 4.98 Å². The normalized spacial score (nSPS) is 10.9. The van der Waals surface area contributed by atoms with Gasteiger partial charge in [0, 0.05) is 6.54 Å². The molecule has 31 heavy (non-hydrogen) atoms. The van der Waals surface area contributed by atoms with Gasteiger partial charge in [-0.05, 0) is 70.2 Å². The number of amides is 1. The number of carbonyl (C=O) groups excluding carboxylic acids is 1. The molecule has 0 N–H and O–H groups in total. The minimum atomic E-state index is 0. The summed E-state index contributed by atoms with van der Waals surface area (Å²) in [6.07, 6.45) is 1.18. The van der Waals surface area contributed by atoms with E-state index in [1.807, 2.05) is 64.3 Å². The summed E-state index contributed by atoms with van der Waals surface area (Å²) < 4.78 is 6.42. The molecule has 1 aromatic heterocycles. The van der Waals surface area contributed by atoms with E-state index in [2.05, 4.69) is 4.90 Å². The fraction of sp³-hybridized carbons (Fsp3) is 0.391. The molecule has 8 heteroatoms. The Balaban J connectivity index is 0.00000341. The lowest BCUT2D eigenvalue weighted by Gasteiger charge is -2.21. The summed E-state index contributed by atoms with van der Waals surface area (Å²) in [6, 6.07) is 11.6. The number of rotatable bonds is 9. The third-order valence-corrected chi connectivity index (χ3v) is 6.33. The van der Waals surface area contributed by atoms with Crippen molar-refractivity contribution in [2.45, 2.75) is 26.7 Å². The zero-order chi connectivity index (χ0) is 21.7. The van der Waals surface area contributed by atoms with E-state index in [-0.39, 0.29) is 18.3 Å². The van der Waals surface area contributed by atoms with Crippen LogP contribution in [0.2, 0.25) is 5.02 Å². The molecule has 0 bridgehead atoms. The smallest absolute Gasteiger partial charge is 0.233 e. The summed E-state index contributed by atoms with van der Waals surface area (Å²) >= 11 is 7.87. The summed E-state index contributed by atoms with van der Waals surface area (Å²) in [4.78, 5) is 22.0. The topological polar surface area (TPSA) is 45.7 Å². The number of thiazole rings is 1. The average molecular weight is 482 g/mol. The maximum absolute atomic E-state index is 13.3. The van der Waals surface area contributed by atoms with Crippen LogP contribution in [0, 0.1) is 6.92 Å². The predicted octanol–water partition coefficient (Wildman–Crippen LogP) is 5.61. The van der Waals surface area contributed by atoms with Crippen molar-refractivity contribution in [2.75, 3.05) is 38.7 Å². The molecule has 0 atom stereocenters. The second-order valence-electron chi connectivity index (χ2n) is 7.49. The van der Waals surface area contributed by atoms with Crippen molar-refractivity contribution in [1.29, 1.82) is 0 Å². The van der Waals surface area contributed by atoms with E-state index in [9.17, 15) is 4.79 Å². The van der Waals surface area contributed by atoms with Gasteiger partial charge in [0.25, 0.3) is 0 Å². The Labute approximate surface area is 199 Å². The van der Waals surface area contributed by atoms with Gasteiger partial charge in [-0.15, -0.1) is 12.4 Å². The number of anilines is 1. The minimum absolute atomic E-state index is 0. The summed E-state index contributed by atoms with van der Waals surface area (Å²) in [5.41, 5.74) is 2.88. The number of ether oxygens (including phenoxy) is 1. The number of aryl methyl sites for hydroxylation is 1. The van der Waals surface area contributed by atoms with Gasteiger partial charge in [0.1, 0.15) is 5.75 Å². The first-order valence-corrected chi connectivity index (χ1v) is 11.3. The van der Waals surface area contributed by atoms with Crippen molar-refractivity contribution < 1.29 is 9.53 Å². The number of hydrogen-bond donors (Lipinski definition) is 0. The van der Waals surface area contributed by atoms with Crippen molar-refractivity contribution in [1.82, 2.24) is 9.88 Å². The molecule has 0 aliphatic rings. The van der Waals surface area contributed by atoms with E-state index in [1.165, 1.54) is 11.3 Å². The van der Waals surface area contributed by atoms with Crippen LogP contribution in [0.5, 0.6) is 5.75 Å². The molecule has 0 aliphatic carbocycles.